The molecule has 0 aliphatic carbocycles. The van der Waals surface area contributed by atoms with Gasteiger partial charge >= 0.3 is 0 Å². The molecule has 1 aromatic heterocycles. The molecule has 1 atom stereocenters. The van der Waals surface area contributed by atoms with E-state index in [9.17, 15) is 14.0 Å². The van der Waals surface area contributed by atoms with Gasteiger partial charge < -0.3 is 14.5 Å². The second-order valence-electron chi connectivity index (χ2n) is 7.20. The van der Waals surface area contributed by atoms with E-state index in [0.717, 1.165) is 12.8 Å². The molecule has 2 aliphatic rings. The van der Waals surface area contributed by atoms with Crippen molar-refractivity contribution in [3.8, 4) is 0 Å². The second kappa shape index (κ2) is 7.63. The molecule has 28 heavy (non-hydrogen) atoms. The van der Waals surface area contributed by atoms with E-state index in [0.29, 0.717) is 37.3 Å². The van der Waals surface area contributed by atoms with Crippen molar-refractivity contribution < 1.29 is 18.7 Å². The van der Waals surface area contributed by atoms with Crippen molar-refractivity contribution in [2.75, 3.05) is 31.1 Å². The minimum atomic E-state index is -0.506. The summed E-state index contributed by atoms with van der Waals surface area (Å²) in [6.45, 7) is 1.54. The number of anilines is 1. The predicted molar refractivity (Wildman–Crippen MR) is 99.2 cm³/mol. The summed E-state index contributed by atoms with van der Waals surface area (Å²) >= 11 is 0. The van der Waals surface area contributed by atoms with Crippen molar-refractivity contribution in [1.82, 2.24) is 15.1 Å². The second-order valence-corrected chi connectivity index (χ2v) is 7.20. The Kier molecular flexibility index (Phi) is 5.04. The van der Waals surface area contributed by atoms with E-state index in [4.69, 9.17) is 4.74 Å². The minimum Gasteiger partial charge on any atom is -0.363 e. The lowest BCUT2D eigenvalue weighted by atomic mass is 9.92. The van der Waals surface area contributed by atoms with Crippen LogP contribution < -0.4 is 4.90 Å². The summed E-state index contributed by atoms with van der Waals surface area (Å²) in [7, 11) is 0. The SMILES string of the molecule is O=C(c1ccnnc1)N1CCCC2(CC1)CN(c1ccc(F)cc1)C(=O)CO2. The molecule has 1 spiro atoms. The zero-order valence-corrected chi connectivity index (χ0v) is 15.4. The van der Waals surface area contributed by atoms with Crippen LogP contribution in [-0.2, 0) is 9.53 Å². The Morgan fingerprint density at radius 2 is 1.93 bits per heavy atom. The number of ether oxygens (including phenoxy) is 1. The number of morpholine rings is 1. The van der Waals surface area contributed by atoms with E-state index in [1.165, 1.54) is 24.5 Å². The molecule has 0 N–H and O–H groups in total. The number of carbonyl (C=O) groups is 2. The Morgan fingerprint density at radius 3 is 2.68 bits per heavy atom. The van der Waals surface area contributed by atoms with Crippen LogP contribution in [0.25, 0.3) is 0 Å². The minimum absolute atomic E-state index is 0.0143. The van der Waals surface area contributed by atoms with Crippen LogP contribution in [-0.4, -0.2) is 58.8 Å². The molecule has 146 valence electrons. The maximum Gasteiger partial charge on any atom is 0.255 e. The number of carbonyl (C=O) groups excluding carboxylic acids is 2. The van der Waals surface area contributed by atoms with Gasteiger partial charge in [-0.1, -0.05) is 0 Å². The normalized spacial score (nSPS) is 23.0. The molecule has 2 aliphatic heterocycles. The average molecular weight is 384 g/mol. The predicted octanol–water partition coefficient (Wildman–Crippen LogP) is 2.04. The molecule has 3 heterocycles. The average Bonchev–Trinajstić information content (AvgIpc) is 2.93. The van der Waals surface area contributed by atoms with Crippen LogP contribution in [0.15, 0.2) is 42.7 Å². The van der Waals surface area contributed by atoms with Crippen LogP contribution >= 0.6 is 0 Å². The maximum absolute atomic E-state index is 13.2. The lowest BCUT2D eigenvalue weighted by molar-refractivity contribution is -0.140. The Bertz CT molecular complexity index is 862. The molecule has 4 rings (SSSR count). The van der Waals surface area contributed by atoms with Crippen LogP contribution in [0.3, 0.4) is 0 Å². The quantitative estimate of drug-likeness (QED) is 0.792. The molecule has 2 aromatic rings. The third-order valence-corrected chi connectivity index (χ3v) is 5.40. The summed E-state index contributed by atoms with van der Waals surface area (Å²) in [4.78, 5) is 28.5. The summed E-state index contributed by atoms with van der Waals surface area (Å²) in [6, 6.07) is 7.56. The van der Waals surface area contributed by atoms with E-state index < -0.39 is 5.60 Å². The number of halogens is 1. The fourth-order valence-corrected chi connectivity index (χ4v) is 3.84. The van der Waals surface area contributed by atoms with Crippen LogP contribution in [0.1, 0.15) is 29.6 Å². The lowest BCUT2D eigenvalue weighted by Gasteiger charge is -2.42. The zero-order valence-electron chi connectivity index (χ0n) is 15.4. The van der Waals surface area contributed by atoms with Crippen molar-refractivity contribution in [3.05, 3.63) is 54.1 Å². The molecule has 8 heteroatoms. The fraction of sp³-hybridized carbons (Fsp3) is 0.400. The number of likely N-dealkylation sites (tertiary alicyclic amines) is 1. The number of hydrogen-bond acceptors (Lipinski definition) is 5. The highest BCUT2D eigenvalue weighted by molar-refractivity contribution is 5.95. The van der Waals surface area contributed by atoms with Gasteiger partial charge in [0, 0.05) is 18.8 Å². The molecule has 0 saturated carbocycles. The molecule has 2 fully saturated rings. The van der Waals surface area contributed by atoms with E-state index >= 15 is 0 Å². The third-order valence-electron chi connectivity index (χ3n) is 5.40. The van der Waals surface area contributed by atoms with Crippen LogP contribution in [0.2, 0.25) is 0 Å². The number of nitrogens with zero attached hydrogens (tertiary/aromatic N) is 4. The van der Waals surface area contributed by atoms with E-state index in [1.54, 1.807) is 28.0 Å². The lowest BCUT2D eigenvalue weighted by Crippen LogP contribution is -2.55. The van der Waals surface area contributed by atoms with E-state index in [1.807, 2.05) is 0 Å². The number of aromatic nitrogens is 2. The Labute approximate surface area is 162 Å². The number of amides is 2. The Hall–Kier alpha value is -2.87. The van der Waals surface area contributed by atoms with E-state index in [-0.39, 0.29) is 24.2 Å². The summed E-state index contributed by atoms with van der Waals surface area (Å²) in [6.07, 6.45) is 5.12. The number of rotatable bonds is 2. The van der Waals surface area contributed by atoms with Crippen molar-refractivity contribution >= 4 is 17.5 Å². The topological polar surface area (TPSA) is 75.6 Å². The molecule has 2 saturated heterocycles. The smallest absolute Gasteiger partial charge is 0.255 e. The van der Waals surface area contributed by atoms with Gasteiger partial charge in [0.15, 0.2) is 0 Å². The highest BCUT2D eigenvalue weighted by Crippen LogP contribution is 2.33. The molecular formula is C20H21FN4O3. The highest BCUT2D eigenvalue weighted by Gasteiger charge is 2.42. The largest absolute Gasteiger partial charge is 0.363 e. The molecule has 1 aromatic carbocycles. The first kappa shape index (κ1) is 18.5. The van der Waals surface area contributed by atoms with Crippen molar-refractivity contribution in [1.29, 1.82) is 0 Å². The van der Waals surface area contributed by atoms with Crippen molar-refractivity contribution in [3.63, 3.8) is 0 Å². The molecule has 0 bridgehead atoms. The zero-order chi connectivity index (χ0) is 19.6. The van der Waals surface area contributed by atoms with Gasteiger partial charge in [0.1, 0.15) is 12.4 Å². The van der Waals surface area contributed by atoms with Crippen molar-refractivity contribution in [2.24, 2.45) is 0 Å². The number of benzene rings is 1. The van der Waals surface area contributed by atoms with Gasteiger partial charge in [-0.05, 0) is 49.6 Å². The Morgan fingerprint density at radius 1 is 1.11 bits per heavy atom. The first-order chi connectivity index (χ1) is 13.6. The van der Waals surface area contributed by atoms with Crippen LogP contribution in [0, 0.1) is 5.82 Å². The van der Waals surface area contributed by atoms with Gasteiger partial charge in [-0.15, -0.1) is 0 Å². The fourth-order valence-electron chi connectivity index (χ4n) is 3.84. The molecule has 7 nitrogen and oxygen atoms in total. The Balaban J connectivity index is 1.48. The van der Waals surface area contributed by atoms with Crippen LogP contribution in [0.4, 0.5) is 10.1 Å². The van der Waals surface area contributed by atoms with Gasteiger partial charge in [-0.3, -0.25) is 9.59 Å². The van der Waals surface area contributed by atoms with Gasteiger partial charge in [-0.2, -0.15) is 10.2 Å². The third kappa shape index (κ3) is 3.73. The highest BCUT2D eigenvalue weighted by atomic mass is 19.1. The van der Waals surface area contributed by atoms with E-state index in [2.05, 4.69) is 10.2 Å². The number of hydrogen-bond donors (Lipinski definition) is 0. The molecule has 2 amide bonds. The summed E-state index contributed by atoms with van der Waals surface area (Å²) < 4.78 is 19.2. The maximum atomic E-state index is 13.2. The van der Waals surface area contributed by atoms with Crippen molar-refractivity contribution in [2.45, 2.75) is 24.9 Å². The summed E-state index contributed by atoms with van der Waals surface area (Å²) in [5.41, 5.74) is 0.668. The summed E-state index contributed by atoms with van der Waals surface area (Å²) in [5.74, 6) is -0.556. The van der Waals surface area contributed by atoms with Gasteiger partial charge in [0.25, 0.3) is 11.8 Å². The first-order valence-electron chi connectivity index (χ1n) is 9.32. The molecular weight excluding hydrogens is 363 g/mol. The standard InChI is InChI=1S/C20H21FN4O3/c21-16-2-4-17(5-3-16)25-14-20(28-13-18(25)26)7-1-10-24(11-8-20)19(27)15-6-9-22-23-12-15/h2-6,9,12H,1,7-8,10-11,13-14H2. The monoisotopic (exact) mass is 384 g/mol. The first-order valence-corrected chi connectivity index (χ1v) is 9.32. The van der Waals surface area contributed by atoms with Gasteiger partial charge in [0.05, 0.1) is 30.1 Å². The molecule has 1 unspecified atom stereocenters. The van der Waals surface area contributed by atoms with Gasteiger partial charge in [-0.25, -0.2) is 4.39 Å². The van der Waals surface area contributed by atoms with Crippen LogP contribution in [0.5, 0.6) is 0 Å². The van der Waals surface area contributed by atoms with Gasteiger partial charge in [0.2, 0.25) is 0 Å². The molecule has 0 radical (unpaired) electrons. The summed E-state index contributed by atoms with van der Waals surface area (Å²) in [5, 5.41) is 7.48.